The third-order valence-electron chi connectivity index (χ3n) is 3.63. The summed E-state index contributed by atoms with van der Waals surface area (Å²) in [5.74, 6) is 0.703. The topological polar surface area (TPSA) is 29.5 Å². The van der Waals surface area contributed by atoms with Crippen LogP contribution in [0.1, 0.15) is 39.0 Å². The molecule has 0 unspecified atom stereocenters. The number of ether oxygens (including phenoxy) is 1. The lowest BCUT2D eigenvalue weighted by Gasteiger charge is -2.28. The van der Waals surface area contributed by atoms with E-state index in [4.69, 9.17) is 9.84 Å². The first-order valence-electron chi connectivity index (χ1n) is 5.05. The van der Waals surface area contributed by atoms with E-state index in [2.05, 4.69) is 6.92 Å². The summed E-state index contributed by atoms with van der Waals surface area (Å²) in [6.07, 6.45) is 6.17. The molecule has 1 saturated carbocycles. The first-order chi connectivity index (χ1) is 5.77. The lowest BCUT2D eigenvalue weighted by molar-refractivity contribution is -0.0764. The molecule has 0 aromatic rings. The van der Waals surface area contributed by atoms with E-state index in [1.165, 1.54) is 25.7 Å². The van der Waals surface area contributed by atoms with Gasteiger partial charge in [-0.25, -0.2) is 0 Å². The van der Waals surface area contributed by atoms with E-state index in [9.17, 15) is 0 Å². The van der Waals surface area contributed by atoms with Gasteiger partial charge in [-0.2, -0.15) is 0 Å². The molecule has 1 N–H and O–H groups in total. The Labute approximate surface area is 73.9 Å². The van der Waals surface area contributed by atoms with Crippen molar-refractivity contribution in [1.29, 1.82) is 0 Å². The summed E-state index contributed by atoms with van der Waals surface area (Å²) < 4.78 is 5.92. The van der Waals surface area contributed by atoms with Gasteiger partial charge in [-0.15, -0.1) is 0 Å². The van der Waals surface area contributed by atoms with Gasteiger partial charge in [0.1, 0.15) is 0 Å². The fourth-order valence-corrected chi connectivity index (χ4v) is 2.75. The molecule has 0 aromatic heterocycles. The molecule has 1 heterocycles. The zero-order valence-electron chi connectivity index (χ0n) is 7.75. The van der Waals surface area contributed by atoms with Gasteiger partial charge in [0.05, 0.1) is 18.3 Å². The molecule has 2 aliphatic rings. The average Bonchev–Trinajstić information content (AvgIpc) is 2.63. The molecular formula is C10H18O2. The summed E-state index contributed by atoms with van der Waals surface area (Å²) in [5.41, 5.74) is 0.160. The maximum atomic E-state index is 8.97. The minimum Gasteiger partial charge on any atom is -0.394 e. The summed E-state index contributed by atoms with van der Waals surface area (Å²) in [6.45, 7) is 2.49. The Balaban J connectivity index is 2.04. The van der Waals surface area contributed by atoms with Crippen LogP contribution in [-0.4, -0.2) is 23.4 Å². The van der Waals surface area contributed by atoms with Gasteiger partial charge in [0.2, 0.25) is 0 Å². The molecule has 2 fully saturated rings. The molecule has 0 aromatic carbocycles. The molecule has 1 aliphatic heterocycles. The smallest absolute Gasteiger partial charge is 0.0814 e. The van der Waals surface area contributed by atoms with Crippen molar-refractivity contribution in [3.63, 3.8) is 0 Å². The van der Waals surface area contributed by atoms with Crippen LogP contribution in [-0.2, 0) is 4.74 Å². The van der Waals surface area contributed by atoms with E-state index in [0.717, 1.165) is 6.42 Å². The second-order valence-electron chi connectivity index (χ2n) is 4.32. The summed E-state index contributed by atoms with van der Waals surface area (Å²) in [4.78, 5) is 0. The molecule has 1 spiro atoms. The van der Waals surface area contributed by atoms with Crippen molar-refractivity contribution in [2.45, 2.75) is 50.7 Å². The number of hydrogen-bond donors (Lipinski definition) is 1. The fraction of sp³-hybridized carbons (Fsp3) is 1.00. The van der Waals surface area contributed by atoms with Crippen molar-refractivity contribution in [3.05, 3.63) is 0 Å². The van der Waals surface area contributed by atoms with Crippen LogP contribution in [0.4, 0.5) is 0 Å². The summed E-state index contributed by atoms with van der Waals surface area (Å²) in [7, 11) is 0. The molecule has 70 valence electrons. The Morgan fingerprint density at radius 1 is 1.42 bits per heavy atom. The largest absolute Gasteiger partial charge is 0.394 e. The Morgan fingerprint density at radius 2 is 2.25 bits per heavy atom. The molecule has 0 bridgehead atoms. The highest BCUT2D eigenvalue weighted by Gasteiger charge is 2.46. The average molecular weight is 170 g/mol. The molecule has 2 nitrogen and oxygen atoms in total. The Bertz CT molecular complexity index is 169. The fourth-order valence-electron chi connectivity index (χ4n) is 2.75. The van der Waals surface area contributed by atoms with Gasteiger partial charge in [-0.1, -0.05) is 13.3 Å². The summed E-state index contributed by atoms with van der Waals surface area (Å²) >= 11 is 0. The van der Waals surface area contributed by atoms with Crippen molar-refractivity contribution < 1.29 is 9.84 Å². The van der Waals surface area contributed by atoms with Crippen LogP contribution >= 0.6 is 0 Å². The molecular weight excluding hydrogens is 152 g/mol. The zero-order chi connectivity index (χ0) is 8.60. The quantitative estimate of drug-likeness (QED) is 0.649. The van der Waals surface area contributed by atoms with Gasteiger partial charge < -0.3 is 9.84 Å². The maximum absolute atomic E-state index is 8.97. The van der Waals surface area contributed by atoms with E-state index in [0.29, 0.717) is 5.92 Å². The normalized spacial score (nSPS) is 47.5. The van der Waals surface area contributed by atoms with Crippen LogP contribution in [0.2, 0.25) is 0 Å². The van der Waals surface area contributed by atoms with Crippen molar-refractivity contribution in [2.24, 2.45) is 5.92 Å². The number of aliphatic hydroxyl groups is 1. The second kappa shape index (κ2) is 3.00. The van der Waals surface area contributed by atoms with Crippen LogP contribution in [0.15, 0.2) is 0 Å². The Morgan fingerprint density at radius 3 is 2.75 bits per heavy atom. The molecule has 1 aliphatic carbocycles. The van der Waals surface area contributed by atoms with Gasteiger partial charge >= 0.3 is 0 Å². The van der Waals surface area contributed by atoms with Gasteiger partial charge in [-0.05, 0) is 31.6 Å². The van der Waals surface area contributed by atoms with Gasteiger partial charge in [-0.3, -0.25) is 0 Å². The van der Waals surface area contributed by atoms with Crippen molar-refractivity contribution in [3.8, 4) is 0 Å². The van der Waals surface area contributed by atoms with Crippen molar-refractivity contribution in [2.75, 3.05) is 6.61 Å². The highest BCUT2D eigenvalue weighted by atomic mass is 16.5. The molecule has 0 radical (unpaired) electrons. The van der Waals surface area contributed by atoms with E-state index < -0.39 is 0 Å². The number of aliphatic hydroxyl groups excluding tert-OH is 1. The monoisotopic (exact) mass is 170 g/mol. The third kappa shape index (κ3) is 1.17. The van der Waals surface area contributed by atoms with Crippen LogP contribution in [0, 0.1) is 5.92 Å². The van der Waals surface area contributed by atoms with Crippen LogP contribution in [0.25, 0.3) is 0 Å². The molecule has 2 heteroatoms. The van der Waals surface area contributed by atoms with E-state index in [1.54, 1.807) is 0 Å². The summed E-state index contributed by atoms with van der Waals surface area (Å²) in [5, 5.41) is 8.97. The number of hydrogen-bond acceptors (Lipinski definition) is 2. The maximum Gasteiger partial charge on any atom is 0.0814 e. The van der Waals surface area contributed by atoms with E-state index in [-0.39, 0.29) is 18.3 Å². The minimum absolute atomic E-state index is 0.130. The van der Waals surface area contributed by atoms with Gasteiger partial charge in [0, 0.05) is 0 Å². The SMILES string of the molecule is C[C@@H]1CCC[C@@]12CC[C@@H](CO)O2. The molecule has 3 atom stereocenters. The van der Waals surface area contributed by atoms with Crippen LogP contribution in [0.5, 0.6) is 0 Å². The Hall–Kier alpha value is -0.0800. The highest BCUT2D eigenvalue weighted by Crippen LogP contribution is 2.46. The molecule has 0 amide bonds. The lowest BCUT2D eigenvalue weighted by Crippen LogP contribution is -2.32. The minimum atomic E-state index is 0.130. The summed E-state index contributed by atoms with van der Waals surface area (Å²) in [6, 6.07) is 0. The first kappa shape index (κ1) is 8.52. The second-order valence-corrected chi connectivity index (χ2v) is 4.32. The van der Waals surface area contributed by atoms with E-state index in [1.807, 2.05) is 0 Å². The van der Waals surface area contributed by atoms with Gasteiger partial charge in [0.15, 0.2) is 0 Å². The molecule has 2 rings (SSSR count). The molecule has 12 heavy (non-hydrogen) atoms. The molecule has 1 saturated heterocycles. The van der Waals surface area contributed by atoms with Crippen LogP contribution in [0.3, 0.4) is 0 Å². The van der Waals surface area contributed by atoms with E-state index >= 15 is 0 Å². The van der Waals surface area contributed by atoms with Crippen LogP contribution < -0.4 is 0 Å². The predicted octanol–water partition coefficient (Wildman–Crippen LogP) is 1.72. The number of rotatable bonds is 1. The Kier molecular flexibility index (Phi) is 2.13. The van der Waals surface area contributed by atoms with Gasteiger partial charge in [0.25, 0.3) is 0 Å². The lowest BCUT2D eigenvalue weighted by atomic mass is 9.89. The van der Waals surface area contributed by atoms with Crippen molar-refractivity contribution in [1.82, 2.24) is 0 Å². The first-order valence-corrected chi connectivity index (χ1v) is 5.05. The third-order valence-corrected chi connectivity index (χ3v) is 3.63. The van der Waals surface area contributed by atoms with Crippen molar-refractivity contribution >= 4 is 0 Å². The predicted molar refractivity (Wildman–Crippen MR) is 46.9 cm³/mol. The standard InChI is InChI=1S/C10H18O2/c1-8-3-2-5-10(8)6-4-9(7-11)12-10/h8-9,11H,2-7H2,1H3/t8-,9+,10-/m1/s1. The zero-order valence-corrected chi connectivity index (χ0v) is 7.75. The highest BCUT2D eigenvalue weighted by molar-refractivity contribution is 4.96.